The van der Waals surface area contributed by atoms with Gasteiger partial charge in [0, 0.05) is 20.0 Å². The fourth-order valence-electron chi connectivity index (χ4n) is 3.13. The lowest BCUT2D eigenvalue weighted by Gasteiger charge is -2.22. The number of aryl methyl sites for hydroxylation is 1. The average molecular weight is 409 g/mol. The molecule has 7 nitrogen and oxygen atoms in total. The van der Waals surface area contributed by atoms with E-state index < -0.39 is 10.0 Å². The van der Waals surface area contributed by atoms with Crippen molar-refractivity contribution in [1.82, 2.24) is 4.31 Å². The third-order valence-corrected chi connectivity index (χ3v) is 6.66. The second-order valence-corrected chi connectivity index (χ2v) is 8.89. The molecule has 0 saturated heterocycles. The van der Waals surface area contributed by atoms with Crippen molar-refractivity contribution in [2.75, 3.05) is 19.2 Å². The number of ether oxygens (including phenoxy) is 2. The highest BCUT2D eigenvalue weighted by Gasteiger charge is 2.26. The predicted octanol–water partition coefficient (Wildman–Crippen LogP) is 2.77. The summed E-state index contributed by atoms with van der Waals surface area (Å²) in [6.45, 7) is 0.335. The fourth-order valence-corrected chi connectivity index (χ4v) is 4.72. The van der Waals surface area contributed by atoms with Crippen LogP contribution >= 0.6 is 11.6 Å². The van der Waals surface area contributed by atoms with Crippen molar-refractivity contribution in [2.24, 2.45) is 0 Å². The van der Waals surface area contributed by atoms with Crippen LogP contribution in [-0.4, -0.2) is 32.5 Å². The van der Waals surface area contributed by atoms with E-state index in [1.165, 1.54) is 17.4 Å². The summed E-state index contributed by atoms with van der Waals surface area (Å²) in [4.78, 5) is 11.6. The first-order chi connectivity index (χ1) is 12.8. The molecule has 2 heterocycles. The molecule has 0 aromatic heterocycles. The third kappa shape index (κ3) is 3.36. The van der Waals surface area contributed by atoms with Crippen LogP contribution < -0.4 is 14.8 Å². The van der Waals surface area contributed by atoms with E-state index in [2.05, 4.69) is 5.32 Å². The molecule has 2 aromatic carbocycles. The van der Waals surface area contributed by atoms with Gasteiger partial charge in [-0.1, -0.05) is 17.7 Å². The molecule has 0 radical (unpaired) electrons. The number of hydrogen-bond donors (Lipinski definition) is 1. The number of hydrogen-bond acceptors (Lipinski definition) is 5. The minimum Gasteiger partial charge on any atom is -0.454 e. The minimum absolute atomic E-state index is 0.102. The topological polar surface area (TPSA) is 84.9 Å². The standard InChI is InChI=1S/C18H17ClN2O5S/c1-21(9-11-2-4-15-16(6-11)26-10-25-15)27(23,24)13-7-12-3-5-17(22)20-18(12)14(19)8-13/h2,4,6-8H,3,5,9-10H2,1H3,(H,20,22). The summed E-state index contributed by atoms with van der Waals surface area (Å²) in [6, 6.07) is 8.28. The van der Waals surface area contributed by atoms with E-state index in [0.29, 0.717) is 30.0 Å². The highest BCUT2D eigenvalue weighted by molar-refractivity contribution is 7.89. The zero-order valence-electron chi connectivity index (χ0n) is 14.5. The molecule has 0 fully saturated rings. The molecule has 0 aliphatic carbocycles. The molecular formula is C18H17ClN2O5S. The van der Waals surface area contributed by atoms with Crippen molar-refractivity contribution < 1.29 is 22.7 Å². The zero-order valence-corrected chi connectivity index (χ0v) is 16.1. The molecule has 4 rings (SSSR count). The second kappa shape index (κ2) is 6.70. The Morgan fingerprint density at radius 3 is 2.74 bits per heavy atom. The number of sulfonamides is 1. The first-order valence-corrected chi connectivity index (χ1v) is 10.1. The first-order valence-electron chi connectivity index (χ1n) is 8.32. The van der Waals surface area contributed by atoms with Crippen LogP contribution in [0.4, 0.5) is 5.69 Å². The van der Waals surface area contributed by atoms with Crippen LogP contribution in [0.3, 0.4) is 0 Å². The van der Waals surface area contributed by atoms with E-state index in [0.717, 1.165) is 11.1 Å². The molecule has 2 aliphatic rings. The summed E-state index contributed by atoms with van der Waals surface area (Å²) in [6.07, 6.45) is 0.760. The zero-order chi connectivity index (χ0) is 19.2. The van der Waals surface area contributed by atoms with E-state index in [9.17, 15) is 13.2 Å². The van der Waals surface area contributed by atoms with Gasteiger partial charge in [0.2, 0.25) is 22.7 Å². The lowest BCUT2D eigenvalue weighted by atomic mass is 10.0. The van der Waals surface area contributed by atoms with Crippen LogP contribution in [-0.2, 0) is 27.8 Å². The summed E-state index contributed by atoms with van der Waals surface area (Å²) in [5.74, 6) is 1.12. The van der Waals surface area contributed by atoms with Gasteiger partial charge < -0.3 is 14.8 Å². The summed E-state index contributed by atoms with van der Waals surface area (Å²) in [5, 5.41) is 2.91. The van der Waals surface area contributed by atoms with Gasteiger partial charge in [-0.2, -0.15) is 4.31 Å². The molecule has 0 unspecified atom stereocenters. The Bertz CT molecular complexity index is 1040. The number of anilines is 1. The van der Waals surface area contributed by atoms with Gasteiger partial charge in [-0.15, -0.1) is 0 Å². The highest BCUT2D eigenvalue weighted by atomic mass is 35.5. The van der Waals surface area contributed by atoms with E-state index in [1.807, 2.05) is 0 Å². The van der Waals surface area contributed by atoms with Crippen LogP contribution in [0.5, 0.6) is 11.5 Å². The molecule has 2 aliphatic heterocycles. The van der Waals surface area contributed by atoms with E-state index in [-0.39, 0.29) is 29.2 Å². The predicted molar refractivity (Wildman–Crippen MR) is 99.6 cm³/mol. The number of amides is 1. The lowest BCUT2D eigenvalue weighted by Crippen LogP contribution is -2.27. The number of benzene rings is 2. The van der Waals surface area contributed by atoms with E-state index >= 15 is 0 Å². The van der Waals surface area contributed by atoms with Gasteiger partial charge in [-0.05, 0) is 41.8 Å². The van der Waals surface area contributed by atoms with Crippen molar-refractivity contribution >= 4 is 33.2 Å². The van der Waals surface area contributed by atoms with Crippen LogP contribution in [0.2, 0.25) is 5.02 Å². The van der Waals surface area contributed by atoms with Crippen molar-refractivity contribution in [1.29, 1.82) is 0 Å². The molecular weight excluding hydrogens is 392 g/mol. The van der Waals surface area contributed by atoms with Crippen molar-refractivity contribution in [3.05, 3.63) is 46.5 Å². The molecule has 142 valence electrons. The first kappa shape index (κ1) is 18.1. The number of nitrogens with one attached hydrogen (secondary N) is 1. The van der Waals surface area contributed by atoms with Gasteiger partial charge in [-0.25, -0.2) is 8.42 Å². The highest BCUT2D eigenvalue weighted by Crippen LogP contribution is 2.35. The van der Waals surface area contributed by atoms with Gasteiger partial charge in [0.25, 0.3) is 0 Å². The fraction of sp³-hybridized carbons (Fsp3) is 0.278. The van der Waals surface area contributed by atoms with Gasteiger partial charge in [-0.3, -0.25) is 4.79 Å². The summed E-state index contributed by atoms with van der Waals surface area (Å²) in [5.41, 5.74) is 1.99. The number of rotatable bonds is 4. The van der Waals surface area contributed by atoms with Gasteiger partial charge >= 0.3 is 0 Å². The van der Waals surface area contributed by atoms with Crippen molar-refractivity contribution in [3.8, 4) is 11.5 Å². The Hall–Kier alpha value is -2.29. The lowest BCUT2D eigenvalue weighted by molar-refractivity contribution is -0.116. The average Bonchev–Trinajstić information content (AvgIpc) is 3.09. The summed E-state index contributed by atoms with van der Waals surface area (Å²) < 4.78 is 37.9. The number of nitrogens with zero attached hydrogens (tertiary/aromatic N) is 1. The monoisotopic (exact) mass is 408 g/mol. The molecule has 2 aromatic rings. The molecule has 9 heteroatoms. The molecule has 0 atom stereocenters. The normalized spacial score (nSPS) is 15.6. The maximum Gasteiger partial charge on any atom is 0.243 e. The number of fused-ring (bicyclic) bond motifs is 2. The Balaban J connectivity index is 1.61. The largest absolute Gasteiger partial charge is 0.454 e. The Morgan fingerprint density at radius 1 is 1.15 bits per heavy atom. The molecule has 1 N–H and O–H groups in total. The second-order valence-electron chi connectivity index (χ2n) is 6.44. The third-order valence-electron chi connectivity index (χ3n) is 4.58. The van der Waals surface area contributed by atoms with Gasteiger partial charge in [0.15, 0.2) is 11.5 Å². The van der Waals surface area contributed by atoms with Crippen molar-refractivity contribution in [3.63, 3.8) is 0 Å². The maximum absolute atomic E-state index is 13.0. The SMILES string of the molecule is CN(Cc1ccc2c(c1)OCO2)S(=O)(=O)c1cc(Cl)c2c(c1)CCC(=O)N2. The summed E-state index contributed by atoms with van der Waals surface area (Å²) >= 11 is 6.22. The Kier molecular flexibility index (Phi) is 4.49. The number of carbonyl (C=O) groups is 1. The van der Waals surface area contributed by atoms with Crippen LogP contribution in [0.25, 0.3) is 0 Å². The molecule has 1 amide bonds. The summed E-state index contributed by atoms with van der Waals surface area (Å²) in [7, 11) is -2.25. The molecule has 0 spiro atoms. The Labute approximate surface area is 161 Å². The van der Waals surface area contributed by atoms with Crippen LogP contribution in [0, 0.1) is 0 Å². The van der Waals surface area contributed by atoms with Gasteiger partial charge in [0.05, 0.1) is 15.6 Å². The Morgan fingerprint density at radius 2 is 1.93 bits per heavy atom. The molecule has 27 heavy (non-hydrogen) atoms. The molecule has 0 bridgehead atoms. The van der Waals surface area contributed by atoms with Crippen LogP contribution in [0.15, 0.2) is 35.2 Å². The maximum atomic E-state index is 13.0. The van der Waals surface area contributed by atoms with Crippen LogP contribution in [0.1, 0.15) is 17.5 Å². The number of halogens is 1. The smallest absolute Gasteiger partial charge is 0.243 e. The van der Waals surface area contributed by atoms with Crippen molar-refractivity contribution in [2.45, 2.75) is 24.3 Å². The van der Waals surface area contributed by atoms with Gasteiger partial charge in [0.1, 0.15) is 0 Å². The quantitative estimate of drug-likeness (QED) is 0.840. The number of carbonyl (C=O) groups excluding carboxylic acids is 1. The molecule has 0 saturated carbocycles. The van der Waals surface area contributed by atoms with E-state index in [4.69, 9.17) is 21.1 Å². The van der Waals surface area contributed by atoms with E-state index in [1.54, 1.807) is 24.3 Å². The minimum atomic E-state index is -3.76.